The Bertz CT molecular complexity index is 257. The second-order valence-corrected chi connectivity index (χ2v) is 5.11. The van der Waals surface area contributed by atoms with E-state index >= 15 is 0 Å². The molecule has 2 amide bonds. The van der Waals surface area contributed by atoms with E-state index < -0.39 is 0 Å². The Labute approximate surface area is 103 Å². The summed E-state index contributed by atoms with van der Waals surface area (Å²) >= 11 is 0. The van der Waals surface area contributed by atoms with E-state index in [4.69, 9.17) is 5.73 Å². The molecular weight excluding hydrogens is 216 g/mol. The lowest BCUT2D eigenvalue weighted by Gasteiger charge is -2.33. The van der Waals surface area contributed by atoms with Crippen molar-refractivity contribution in [3.05, 3.63) is 0 Å². The number of hydrogen-bond acceptors (Lipinski definition) is 3. The van der Waals surface area contributed by atoms with Gasteiger partial charge in [-0.2, -0.15) is 0 Å². The Morgan fingerprint density at radius 1 is 1.35 bits per heavy atom. The number of rotatable bonds is 5. The minimum absolute atomic E-state index is 0.0977. The summed E-state index contributed by atoms with van der Waals surface area (Å²) in [6.07, 6.45) is 3.73. The molecule has 2 aliphatic heterocycles. The van der Waals surface area contributed by atoms with Crippen LogP contribution < -0.4 is 11.1 Å². The molecule has 0 radical (unpaired) electrons. The van der Waals surface area contributed by atoms with Gasteiger partial charge in [-0.15, -0.1) is 0 Å². The van der Waals surface area contributed by atoms with E-state index in [1.165, 1.54) is 19.4 Å². The van der Waals surface area contributed by atoms with Gasteiger partial charge in [-0.1, -0.05) is 0 Å². The Morgan fingerprint density at radius 3 is 2.94 bits per heavy atom. The minimum Gasteiger partial charge on any atom is -0.336 e. The maximum atomic E-state index is 11.4. The van der Waals surface area contributed by atoms with Crippen molar-refractivity contribution in [2.24, 2.45) is 11.7 Å². The van der Waals surface area contributed by atoms with Gasteiger partial charge in [-0.05, 0) is 38.3 Å². The molecule has 2 fully saturated rings. The summed E-state index contributed by atoms with van der Waals surface area (Å²) in [4.78, 5) is 15.8. The molecule has 0 aromatic carbocycles. The molecule has 17 heavy (non-hydrogen) atoms. The van der Waals surface area contributed by atoms with Gasteiger partial charge in [0.05, 0.1) is 0 Å². The van der Waals surface area contributed by atoms with Crippen molar-refractivity contribution < 1.29 is 4.79 Å². The predicted octanol–water partition coefficient (Wildman–Crippen LogP) is 0.0724. The number of nitrogens with one attached hydrogen (secondary N) is 1. The van der Waals surface area contributed by atoms with E-state index in [1.807, 2.05) is 4.90 Å². The first-order chi connectivity index (χ1) is 8.29. The van der Waals surface area contributed by atoms with Crippen LogP contribution in [0.4, 0.5) is 4.79 Å². The zero-order chi connectivity index (χ0) is 12.1. The van der Waals surface area contributed by atoms with E-state index in [-0.39, 0.29) is 6.03 Å². The summed E-state index contributed by atoms with van der Waals surface area (Å²) in [6, 6.07) is 0.0977. The molecule has 0 aromatic heterocycles. The maximum absolute atomic E-state index is 11.4. The van der Waals surface area contributed by atoms with Crippen LogP contribution in [-0.2, 0) is 0 Å². The summed E-state index contributed by atoms with van der Waals surface area (Å²) < 4.78 is 0. The first-order valence-corrected chi connectivity index (χ1v) is 6.75. The second kappa shape index (κ2) is 6.21. The lowest BCUT2D eigenvalue weighted by atomic mass is 9.95. The molecule has 5 heteroatoms. The van der Waals surface area contributed by atoms with Crippen molar-refractivity contribution >= 4 is 6.03 Å². The smallest absolute Gasteiger partial charge is 0.317 e. The Balaban J connectivity index is 1.69. The summed E-state index contributed by atoms with van der Waals surface area (Å²) in [5.74, 6) is 0.765. The fourth-order valence-electron chi connectivity index (χ4n) is 2.81. The summed E-state index contributed by atoms with van der Waals surface area (Å²) in [6.45, 7) is 6.67. The predicted molar refractivity (Wildman–Crippen MR) is 67.8 cm³/mol. The number of amides is 2. The molecule has 0 bridgehead atoms. The molecule has 98 valence electrons. The lowest BCUT2D eigenvalue weighted by Crippen LogP contribution is -2.42. The van der Waals surface area contributed by atoms with Crippen LogP contribution in [0.1, 0.15) is 19.3 Å². The molecule has 3 N–H and O–H groups in total. The van der Waals surface area contributed by atoms with Gasteiger partial charge in [0.1, 0.15) is 0 Å². The topological polar surface area (TPSA) is 61.6 Å². The van der Waals surface area contributed by atoms with Crippen molar-refractivity contribution in [3.8, 4) is 0 Å². The van der Waals surface area contributed by atoms with Crippen LogP contribution in [0.3, 0.4) is 0 Å². The molecule has 1 atom stereocenters. The number of urea groups is 1. The number of nitrogens with zero attached hydrogens (tertiary/aromatic N) is 2. The summed E-state index contributed by atoms with van der Waals surface area (Å²) in [5.41, 5.74) is 5.62. The van der Waals surface area contributed by atoms with E-state index in [9.17, 15) is 4.79 Å². The molecule has 5 nitrogen and oxygen atoms in total. The SMILES string of the molecule is NCCC1CCCN(CCN2CCNC2=O)C1. The Morgan fingerprint density at radius 2 is 2.24 bits per heavy atom. The fraction of sp³-hybridized carbons (Fsp3) is 0.917. The maximum Gasteiger partial charge on any atom is 0.317 e. The highest BCUT2D eigenvalue weighted by Crippen LogP contribution is 2.18. The Kier molecular flexibility index (Phi) is 4.62. The largest absolute Gasteiger partial charge is 0.336 e. The first-order valence-electron chi connectivity index (χ1n) is 6.75. The molecule has 0 spiro atoms. The van der Waals surface area contributed by atoms with Crippen LogP contribution in [0.2, 0.25) is 0 Å². The molecule has 2 rings (SSSR count). The van der Waals surface area contributed by atoms with Crippen LogP contribution in [0.25, 0.3) is 0 Å². The van der Waals surface area contributed by atoms with Gasteiger partial charge >= 0.3 is 6.03 Å². The molecule has 2 heterocycles. The first kappa shape index (κ1) is 12.6. The fourth-order valence-corrected chi connectivity index (χ4v) is 2.81. The van der Waals surface area contributed by atoms with Gasteiger partial charge in [0.25, 0.3) is 0 Å². The van der Waals surface area contributed by atoms with Crippen molar-refractivity contribution in [2.45, 2.75) is 19.3 Å². The zero-order valence-corrected chi connectivity index (χ0v) is 10.5. The van der Waals surface area contributed by atoms with Crippen molar-refractivity contribution in [2.75, 3.05) is 45.8 Å². The number of nitrogens with two attached hydrogens (primary N) is 1. The number of hydrogen-bond donors (Lipinski definition) is 2. The molecule has 2 saturated heterocycles. The van der Waals surface area contributed by atoms with Gasteiger partial charge in [0.2, 0.25) is 0 Å². The van der Waals surface area contributed by atoms with Gasteiger partial charge in [0, 0.05) is 32.7 Å². The van der Waals surface area contributed by atoms with Crippen LogP contribution in [0.15, 0.2) is 0 Å². The third-order valence-electron chi connectivity index (χ3n) is 3.81. The van der Waals surface area contributed by atoms with E-state index in [1.54, 1.807) is 0 Å². The molecule has 0 aromatic rings. The van der Waals surface area contributed by atoms with E-state index in [0.29, 0.717) is 0 Å². The highest BCUT2D eigenvalue weighted by atomic mass is 16.2. The van der Waals surface area contributed by atoms with Crippen LogP contribution in [0, 0.1) is 5.92 Å². The average molecular weight is 240 g/mol. The molecule has 0 saturated carbocycles. The van der Waals surface area contributed by atoms with Gasteiger partial charge in [0.15, 0.2) is 0 Å². The standard InChI is InChI=1S/C12H24N4O/c13-4-3-11-2-1-6-15(10-11)8-9-16-7-5-14-12(16)17/h11H,1-10,13H2,(H,14,17). The van der Waals surface area contributed by atoms with Gasteiger partial charge in [-0.3, -0.25) is 0 Å². The third-order valence-corrected chi connectivity index (χ3v) is 3.81. The Hall–Kier alpha value is -0.810. The molecule has 0 aliphatic carbocycles. The van der Waals surface area contributed by atoms with Gasteiger partial charge < -0.3 is 20.9 Å². The minimum atomic E-state index is 0.0977. The van der Waals surface area contributed by atoms with Crippen molar-refractivity contribution in [1.29, 1.82) is 0 Å². The van der Waals surface area contributed by atoms with Gasteiger partial charge in [-0.25, -0.2) is 4.79 Å². The number of carbonyl (C=O) groups excluding carboxylic acids is 1. The number of carbonyl (C=O) groups is 1. The second-order valence-electron chi connectivity index (χ2n) is 5.11. The van der Waals surface area contributed by atoms with Crippen LogP contribution >= 0.6 is 0 Å². The normalized spacial score (nSPS) is 26.3. The quantitative estimate of drug-likeness (QED) is 0.715. The van der Waals surface area contributed by atoms with Crippen LogP contribution in [0.5, 0.6) is 0 Å². The van der Waals surface area contributed by atoms with E-state index in [0.717, 1.165) is 51.6 Å². The van der Waals surface area contributed by atoms with E-state index in [2.05, 4.69) is 10.2 Å². The third kappa shape index (κ3) is 3.57. The highest BCUT2D eigenvalue weighted by molar-refractivity contribution is 5.76. The summed E-state index contributed by atoms with van der Waals surface area (Å²) in [5, 5.41) is 2.84. The number of piperidine rings is 1. The molecule has 1 unspecified atom stereocenters. The van der Waals surface area contributed by atoms with Crippen LogP contribution in [-0.4, -0.2) is 61.6 Å². The highest BCUT2D eigenvalue weighted by Gasteiger charge is 2.22. The molecule has 2 aliphatic rings. The summed E-state index contributed by atoms with van der Waals surface area (Å²) in [7, 11) is 0. The monoisotopic (exact) mass is 240 g/mol. The molecular formula is C12H24N4O. The zero-order valence-electron chi connectivity index (χ0n) is 10.5. The van der Waals surface area contributed by atoms with Crippen molar-refractivity contribution in [1.82, 2.24) is 15.1 Å². The lowest BCUT2D eigenvalue weighted by molar-refractivity contribution is 0.154. The number of likely N-dealkylation sites (tertiary alicyclic amines) is 1. The average Bonchev–Trinajstić information content (AvgIpc) is 2.73. The van der Waals surface area contributed by atoms with Crippen molar-refractivity contribution in [3.63, 3.8) is 0 Å².